The van der Waals surface area contributed by atoms with Gasteiger partial charge in [0.15, 0.2) is 12.4 Å². The molecule has 1 aromatic heterocycles. The Kier molecular flexibility index (Phi) is 1.00. The smallest absolute Gasteiger partial charge is 0.212 e. The summed E-state index contributed by atoms with van der Waals surface area (Å²) in [6, 6.07) is 1.74. The first-order valence-corrected chi connectivity index (χ1v) is 3.02. The van der Waals surface area contributed by atoms with E-state index in [1.54, 1.807) is 16.9 Å². The zero-order valence-corrected chi connectivity index (χ0v) is 5.28. The van der Waals surface area contributed by atoms with Crippen LogP contribution in [0.4, 0.5) is 0 Å². The van der Waals surface area contributed by atoms with Crippen LogP contribution in [0.15, 0.2) is 12.3 Å². The van der Waals surface area contributed by atoms with E-state index in [4.69, 9.17) is 4.74 Å². The van der Waals surface area contributed by atoms with Crippen molar-refractivity contribution in [2.24, 2.45) is 0 Å². The number of rotatable bonds is 0. The summed E-state index contributed by atoms with van der Waals surface area (Å²) in [5, 5.41) is 3.88. The molecule has 0 N–H and O–H groups in total. The van der Waals surface area contributed by atoms with Crippen LogP contribution in [-0.2, 0) is 11.3 Å². The SMILES string of the molecule is O=C1COc2ccnn2C1. The molecule has 0 saturated carbocycles. The zero-order chi connectivity index (χ0) is 6.97. The van der Waals surface area contributed by atoms with E-state index in [0.29, 0.717) is 12.4 Å². The molecule has 1 aromatic rings. The zero-order valence-electron chi connectivity index (χ0n) is 5.28. The lowest BCUT2D eigenvalue weighted by Crippen LogP contribution is -2.25. The minimum absolute atomic E-state index is 0.0659. The fourth-order valence-corrected chi connectivity index (χ4v) is 0.929. The van der Waals surface area contributed by atoms with Gasteiger partial charge in [-0.3, -0.25) is 4.79 Å². The van der Waals surface area contributed by atoms with Gasteiger partial charge in [0.2, 0.25) is 5.88 Å². The highest BCUT2D eigenvalue weighted by molar-refractivity contribution is 5.80. The van der Waals surface area contributed by atoms with E-state index in [2.05, 4.69) is 5.10 Å². The maximum Gasteiger partial charge on any atom is 0.212 e. The van der Waals surface area contributed by atoms with Crippen molar-refractivity contribution in [1.29, 1.82) is 0 Å². The van der Waals surface area contributed by atoms with Gasteiger partial charge in [-0.05, 0) is 0 Å². The van der Waals surface area contributed by atoms with Crippen molar-refractivity contribution in [2.75, 3.05) is 6.61 Å². The number of carbonyl (C=O) groups excluding carboxylic acids is 1. The third kappa shape index (κ3) is 0.689. The highest BCUT2D eigenvalue weighted by Gasteiger charge is 2.15. The number of ether oxygens (including phenoxy) is 1. The molecule has 0 aliphatic carbocycles. The average molecular weight is 138 g/mol. The predicted molar refractivity (Wildman–Crippen MR) is 32.7 cm³/mol. The molecule has 2 heterocycles. The fraction of sp³-hybridized carbons (Fsp3) is 0.333. The van der Waals surface area contributed by atoms with Crippen LogP contribution in [-0.4, -0.2) is 22.2 Å². The van der Waals surface area contributed by atoms with Crippen LogP contribution in [0.1, 0.15) is 0 Å². The van der Waals surface area contributed by atoms with Crippen molar-refractivity contribution in [3.63, 3.8) is 0 Å². The number of nitrogens with zero attached hydrogens (tertiary/aromatic N) is 2. The van der Waals surface area contributed by atoms with Gasteiger partial charge in [0.25, 0.3) is 0 Å². The summed E-state index contributed by atoms with van der Waals surface area (Å²) in [5.41, 5.74) is 0. The Morgan fingerprint density at radius 1 is 1.70 bits per heavy atom. The third-order valence-electron chi connectivity index (χ3n) is 1.38. The molecule has 1 aliphatic heterocycles. The average Bonchev–Trinajstić information content (AvgIpc) is 2.33. The van der Waals surface area contributed by atoms with Crippen molar-refractivity contribution in [3.8, 4) is 5.88 Å². The number of fused-ring (bicyclic) bond motifs is 1. The Hall–Kier alpha value is -1.32. The first-order chi connectivity index (χ1) is 4.86. The number of hydrogen-bond acceptors (Lipinski definition) is 3. The topological polar surface area (TPSA) is 44.1 Å². The minimum atomic E-state index is 0.0659. The Morgan fingerprint density at radius 2 is 2.60 bits per heavy atom. The molecule has 52 valence electrons. The van der Waals surface area contributed by atoms with Crippen LogP contribution >= 0.6 is 0 Å². The fourth-order valence-electron chi connectivity index (χ4n) is 0.929. The van der Waals surface area contributed by atoms with Gasteiger partial charge in [0, 0.05) is 6.07 Å². The summed E-state index contributed by atoms with van der Waals surface area (Å²) >= 11 is 0. The van der Waals surface area contributed by atoms with Gasteiger partial charge in [-0.2, -0.15) is 5.10 Å². The van der Waals surface area contributed by atoms with E-state index < -0.39 is 0 Å². The quantitative estimate of drug-likeness (QED) is 0.500. The Balaban J connectivity index is 2.39. The molecular formula is C6H6N2O2. The number of Topliss-reactive ketones (excluding diaryl/α,β-unsaturated/α-hetero) is 1. The minimum Gasteiger partial charge on any atom is -0.470 e. The summed E-state index contributed by atoms with van der Waals surface area (Å²) < 4.78 is 6.57. The molecule has 0 spiro atoms. The van der Waals surface area contributed by atoms with Gasteiger partial charge in [0.05, 0.1) is 6.20 Å². The molecular weight excluding hydrogens is 132 g/mol. The summed E-state index contributed by atoms with van der Waals surface area (Å²) in [6.45, 7) is 0.536. The summed E-state index contributed by atoms with van der Waals surface area (Å²) in [4.78, 5) is 10.7. The van der Waals surface area contributed by atoms with Gasteiger partial charge in [-0.1, -0.05) is 0 Å². The number of carbonyl (C=O) groups is 1. The van der Waals surface area contributed by atoms with Crippen molar-refractivity contribution in [3.05, 3.63) is 12.3 Å². The van der Waals surface area contributed by atoms with Gasteiger partial charge in [-0.25, -0.2) is 4.68 Å². The van der Waals surface area contributed by atoms with Crippen molar-refractivity contribution in [2.45, 2.75) is 6.54 Å². The van der Waals surface area contributed by atoms with Crippen LogP contribution in [0.25, 0.3) is 0 Å². The number of hydrogen-bond donors (Lipinski definition) is 0. The molecule has 0 bridgehead atoms. The van der Waals surface area contributed by atoms with Gasteiger partial charge in [-0.15, -0.1) is 0 Å². The molecule has 0 saturated heterocycles. The van der Waals surface area contributed by atoms with Crippen LogP contribution in [0.5, 0.6) is 5.88 Å². The van der Waals surface area contributed by atoms with Crippen LogP contribution < -0.4 is 4.74 Å². The Morgan fingerprint density at radius 3 is 3.50 bits per heavy atom. The van der Waals surface area contributed by atoms with Gasteiger partial charge < -0.3 is 4.74 Å². The molecule has 0 fully saturated rings. The van der Waals surface area contributed by atoms with Crippen molar-refractivity contribution >= 4 is 5.78 Å². The maximum absolute atomic E-state index is 10.7. The molecule has 0 amide bonds. The third-order valence-corrected chi connectivity index (χ3v) is 1.38. The van der Waals surface area contributed by atoms with E-state index >= 15 is 0 Å². The maximum atomic E-state index is 10.7. The van der Waals surface area contributed by atoms with E-state index in [0.717, 1.165) is 0 Å². The van der Waals surface area contributed by atoms with Crippen molar-refractivity contribution < 1.29 is 9.53 Å². The molecule has 4 nitrogen and oxygen atoms in total. The lowest BCUT2D eigenvalue weighted by Gasteiger charge is -2.12. The van der Waals surface area contributed by atoms with E-state index in [1.165, 1.54) is 0 Å². The molecule has 4 heteroatoms. The summed E-state index contributed by atoms with van der Waals surface area (Å²) in [6.07, 6.45) is 1.62. The predicted octanol–water partition coefficient (Wildman–Crippen LogP) is -0.155. The normalized spacial score (nSPS) is 16.2. The molecule has 1 aliphatic rings. The second kappa shape index (κ2) is 1.83. The number of aromatic nitrogens is 2. The highest BCUT2D eigenvalue weighted by atomic mass is 16.5. The molecule has 0 radical (unpaired) electrons. The molecule has 0 unspecified atom stereocenters. The van der Waals surface area contributed by atoms with E-state index in [-0.39, 0.29) is 12.4 Å². The van der Waals surface area contributed by atoms with Gasteiger partial charge >= 0.3 is 0 Å². The Bertz CT molecular complexity index is 266. The molecule has 0 atom stereocenters. The van der Waals surface area contributed by atoms with Crippen LogP contribution in [0, 0.1) is 0 Å². The first-order valence-electron chi connectivity index (χ1n) is 3.02. The second-order valence-corrected chi connectivity index (χ2v) is 2.15. The molecule has 2 rings (SSSR count). The Labute approximate surface area is 57.4 Å². The van der Waals surface area contributed by atoms with E-state index in [9.17, 15) is 4.79 Å². The highest BCUT2D eigenvalue weighted by Crippen LogP contribution is 2.12. The van der Waals surface area contributed by atoms with Crippen LogP contribution in [0.3, 0.4) is 0 Å². The molecule has 10 heavy (non-hydrogen) atoms. The summed E-state index contributed by atoms with van der Waals surface area (Å²) in [7, 11) is 0. The second-order valence-electron chi connectivity index (χ2n) is 2.15. The monoisotopic (exact) mass is 138 g/mol. The van der Waals surface area contributed by atoms with E-state index in [1.807, 2.05) is 0 Å². The van der Waals surface area contributed by atoms with Gasteiger partial charge in [0.1, 0.15) is 6.54 Å². The van der Waals surface area contributed by atoms with Crippen molar-refractivity contribution in [1.82, 2.24) is 9.78 Å². The lowest BCUT2D eigenvalue weighted by molar-refractivity contribution is -0.123. The largest absolute Gasteiger partial charge is 0.470 e. The van der Waals surface area contributed by atoms with Crippen LogP contribution in [0.2, 0.25) is 0 Å². The summed E-state index contributed by atoms with van der Waals surface area (Å²) in [5.74, 6) is 0.746. The number of ketones is 1. The lowest BCUT2D eigenvalue weighted by atomic mass is 10.4. The first kappa shape index (κ1) is 5.46. The standard InChI is InChI=1S/C6H6N2O2/c9-5-3-8-6(10-4-5)1-2-7-8/h1-2H,3-4H2. The molecule has 0 aromatic carbocycles.